The fraction of sp³-hybridized carbons (Fsp3) is 0.571. The Bertz CT molecular complexity index is 382. The molecular formula is C14H23FN2S. The maximum Gasteiger partial charge on any atom is 0.146 e. The molecule has 0 heterocycles. The molecule has 102 valence electrons. The largest absolute Gasteiger partial charge is 0.369 e. The number of anilines is 1. The molecule has 1 aromatic rings. The Morgan fingerprint density at radius 1 is 1.39 bits per heavy atom. The zero-order valence-corrected chi connectivity index (χ0v) is 12.4. The zero-order chi connectivity index (χ0) is 13.7. The molecule has 0 saturated carbocycles. The Kier molecular flexibility index (Phi) is 5.96. The third-order valence-electron chi connectivity index (χ3n) is 3.02. The van der Waals surface area contributed by atoms with Crippen molar-refractivity contribution in [3.63, 3.8) is 0 Å². The molecule has 0 aliphatic heterocycles. The van der Waals surface area contributed by atoms with Gasteiger partial charge in [-0.3, -0.25) is 0 Å². The SMILES string of the molecule is CSCC(C)N(C)c1ccc(CC(C)N)cc1F. The Balaban J connectivity index is 2.84. The van der Waals surface area contributed by atoms with Crippen LogP contribution in [0.4, 0.5) is 10.1 Å². The fourth-order valence-electron chi connectivity index (χ4n) is 1.93. The predicted octanol–water partition coefficient (Wildman–Crippen LogP) is 2.90. The number of nitrogens with zero attached hydrogens (tertiary/aromatic N) is 1. The van der Waals surface area contributed by atoms with Gasteiger partial charge in [0, 0.05) is 24.9 Å². The Morgan fingerprint density at radius 3 is 2.56 bits per heavy atom. The second kappa shape index (κ2) is 7.00. The van der Waals surface area contributed by atoms with E-state index in [1.807, 2.05) is 31.0 Å². The van der Waals surface area contributed by atoms with Crippen molar-refractivity contribution in [2.24, 2.45) is 5.73 Å². The molecule has 1 aromatic carbocycles. The first-order valence-corrected chi connectivity index (χ1v) is 7.60. The van der Waals surface area contributed by atoms with Crippen molar-refractivity contribution in [3.8, 4) is 0 Å². The summed E-state index contributed by atoms with van der Waals surface area (Å²) in [5.74, 6) is 0.820. The second-order valence-corrected chi connectivity index (χ2v) is 5.79. The summed E-state index contributed by atoms with van der Waals surface area (Å²) in [4.78, 5) is 1.99. The van der Waals surface area contributed by atoms with Crippen LogP contribution in [0.3, 0.4) is 0 Å². The van der Waals surface area contributed by atoms with Crippen molar-refractivity contribution in [1.29, 1.82) is 0 Å². The van der Waals surface area contributed by atoms with Gasteiger partial charge in [0.1, 0.15) is 5.82 Å². The van der Waals surface area contributed by atoms with E-state index in [4.69, 9.17) is 5.73 Å². The van der Waals surface area contributed by atoms with Crippen molar-refractivity contribution >= 4 is 17.4 Å². The number of rotatable bonds is 6. The monoisotopic (exact) mass is 270 g/mol. The summed E-state index contributed by atoms with van der Waals surface area (Å²) in [6.07, 6.45) is 2.77. The van der Waals surface area contributed by atoms with Gasteiger partial charge in [-0.25, -0.2) is 4.39 Å². The van der Waals surface area contributed by atoms with Gasteiger partial charge in [0.2, 0.25) is 0 Å². The van der Waals surface area contributed by atoms with Gasteiger partial charge in [0.25, 0.3) is 0 Å². The van der Waals surface area contributed by atoms with Crippen LogP contribution in [0.2, 0.25) is 0 Å². The molecule has 0 saturated heterocycles. The van der Waals surface area contributed by atoms with Crippen molar-refractivity contribution in [2.45, 2.75) is 32.4 Å². The van der Waals surface area contributed by atoms with E-state index in [0.717, 1.165) is 11.3 Å². The lowest BCUT2D eigenvalue weighted by Crippen LogP contribution is -2.31. The van der Waals surface area contributed by atoms with Gasteiger partial charge in [-0.2, -0.15) is 11.8 Å². The molecule has 0 aromatic heterocycles. The average molecular weight is 270 g/mol. The third kappa shape index (κ3) is 4.18. The summed E-state index contributed by atoms with van der Waals surface area (Å²) in [5, 5.41) is 0. The van der Waals surface area contributed by atoms with Gasteiger partial charge >= 0.3 is 0 Å². The smallest absolute Gasteiger partial charge is 0.146 e. The van der Waals surface area contributed by atoms with E-state index in [1.165, 1.54) is 0 Å². The molecule has 0 aliphatic carbocycles. The summed E-state index contributed by atoms with van der Waals surface area (Å²) in [6.45, 7) is 4.03. The minimum atomic E-state index is -0.163. The van der Waals surface area contributed by atoms with Gasteiger partial charge in [0.05, 0.1) is 5.69 Å². The second-order valence-electron chi connectivity index (χ2n) is 4.88. The number of thioether (sulfide) groups is 1. The van der Waals surface area contributed by atoms with E-state index in [-0.39, 0.29) is 11.9 Å². The van der Waals surface area contributed by atoms with E-state index in [2.05, 4.69) is 13.2 Å². The highest BCUT2D eigenvalue weighted by atomic mass is 32.2. The Labute approximate surface area is 114 Å². The molecule has 2 nitrogen and oxygen atoms in total. The first-order valence-electron chi connectivity index (χ1n) is 6.21. The lowest BCUT2D eigenvalue weighted by atomic mass is 10.1. The Hall–Kier alpha value is -0.740. The highest BCUT2D eigenvalue weighted by Crippen LogP contribution is 2.22. The van der Waals surface area contributed by atoms with Crippen LogP contribution in [0, 0.1) is 5.82 Å². The van der Waals surface area contributed by atoms with Crippen molar-refractivity contribution < 1.29 is 4.39 Å². The number of halogens is 1. The topological polar surface area (TPSA) is 29.3 Å². The van der Waals surface area contributed by atoms with E-state index in [0.29, 0.717) is 18.2 Å². The van der Waals surface area contributed by atoms with E-state index in [9.17, 15) is 4.39 Å². The van der Waals surface area contributed by atoms with Crippen LogP contribution in [0.1, 0.15) is 19.4 Å². The van der Waals surface area contributed by atoms with Crippen molar-refractivity contribution in [1.82, 2.24) is 0 Å². The summed E-state index contributed by atoms with van der Waals surface area (Å²) >= 11 is 1.77. The summed E-state index contributed by atoms with van der Waals surface area (Å²) in [6, 6.07) is 5.78. The minimum absolute atomic E-state index is 0.0587. The molecule has 0 radical (unpaired) electrons. The standard InChI is InChI=1S/C14H23FN2S/c1-10(16)7-12-5-6-14(13(15)8-12)17(3)11(2)9-18-4/h5-6,8,10-11H,7,9,16H2,1-4H3. The predicted molar refractivity (Wildman–Crippen MR) is 80.0 cm³/mol. The molecule has 0 aliphatic rings. The molecule has 18 heavy (non-hydrogen) atoms. The van der Waals surface area contributed by atoms with Gasteiger partial charge < -0.3 is 10.6 Å². The van der Waals surface area contributed by atoms with Gasteiger partial charge in [-0.05, 0) is 44.2 Å². The zero-order valence-electron chi connectivity index (χ0n) is 11.6. The molecule has 2 unspecified atom stereocenters. The van der Waals surface area contributed by atoms with E-state index >= 15 is 0 Å². The normalized spacial score (nSPS) is 14.3. The van der Waals surface area contributed by atoms with Crippen LogP contribution in [0.25, 0.3) is 0 Å². The first kappa shape index (κ1) is 15.3. The maximum atomic E-state index is 14.1. The van der Waals surface area contributed by atoms with E-state index in [1.54, 1.807) is 17.8 Å². The van der Waals surface area contributed by atoms with Crippen LogP contribution in [-0.2, 0) is 6.42 Å². The molecule has 0 fully saturated rings. The number of benzene rings is 1. The molecule has 2 N–H and O–H groups in total. The highest BCUT2D eigenvalue weighted by molar-refractivity contribution is 7.98. The number of hydrogen-bond acceptors (Lipinski definition) is 3. The number of hydrogen-bond donors (Lipinski definition) is 1. The van der Waals surface area contributed by atoms with Gasteiger partial charge in [-0.15, -0.1) is 0 Å². The molecular weight excluding hydrogens is 247 g/mol. The minimum Gasteiger partial charge on any atom is -0.369 e. The quantitative estimate of drug-likeness (QED) is 0.862. The Morgan fingerprint density at radius 2 is 2.06 bits per heavy atom. The number of nitrogens with two attached hydrogens (primary N) is 1. The van der Waals surface area contributed by atoms with Crippen molar-refractivity contribution in [2.75, 3.05) is 24.0 Å². The van der Waals surface area contributed by atoms with Crippen LogP contribution >= 0.6 is 11.8 Å². The lowest BCUT2D eigenvalue weighted by Gasteiger charge is -2.27. The first-order chi connectivity index (χ1) is 8.45. The van der Waals surface area contributed by atoms with Crippen LogP contribution in [-0.4, -0.2) is 31.1 Å². The lowest BCUT2D eigenvalue weighted by molar-refractivity contribution is 0.610. The molecule has 4 heteroatoms. The summed E-state index contributed by atoms with van der Waals surface area (Å²) in [7, 11) is 1.94. The molecule has 2 atom stereocenters. The average Bonchev–Trinajstić information content (AvgIpc) is 2.28. The van der Waals surface area contributed by atoms with Crippen LogP contribution in [0.5, 0.6) is 0 Å². The van der Waals surface area contributed by atoms with Gasteiger partial charge in [-0.1, -0.05) is 6.07 Å². The highest BCUT2D eigenvalue weighted by Gasteiger charge is 2.14. The van der Waals surface area contributed by atoms with Crippen LogP contribution in [0.15, 0.2) is 18.2 Å². The molecule has 0 spiro atoms. The van der Waals surface area contributed by atoms with Gasteiger partial charge in [0.15, 0.2) is 0 Å². The maximum absolute atomic E-state index is 14.1. The molecule has 1 rings (SSSR count). The van der Waals surface area contributed by atoms with Crippen LogP contribution < -0.4 is 10.6 Å². The molecule has 0 amide bonds. The fourth-order valence-corrected chi connectivity index (χ4v) is 2.63. The molecule has 0 bridgehead atoms. The van der Waals surface area contributed by atoms with Crippen molar-refractivity contribution in [3.05, 3.63) is 29.6 Å². The summed E-state index contributed by atoms with van der Waals surface area (Å²) < 4.78 is 14.1. The summed E-state index contributed by atoms with van der Waals surface area (Å²) in [5.41, 5.74) is 7.34. The van der Waals surface area contributed by atoms with E-state index < -0.39 is 0 Å². The third-order valence-corrected chi connectivity index (χ3v) is 3.83.